The molecule has 0 bridgehead atoms. The molecule has 1 amide bonds. The van der Waals surface area contributed by atoms with Crippen LogP contribution >= 0.6 is 23.2 Å². The Hall–Kier alpha value is -2.85. The highest BCUT2D eigenvalue weighted by molar-refractivity contribution is 7.93. The number of carboxylic acid groups (broad SMARTS) is 1. The summed E-state index contributed by atoms with van der Waals surface area (Å²) in [5.41, 5.74) is 0.521. The third-order valence-electron chi connectivity index (χ3n) is 5.53. The van der Waals surface area contributed by atoms with Gasteiger partial charge in [-0.05, 0) is 59.7 Å². The molecule has 1 atom stereocenters. The van der Waals surface area contributed by atoms with Gasteiger partial charge in [-0.15, -0.1) is 0 Å². The summed E-state index contributed by atoms with van der Waals surface area (Å²) in [6, 6.07) is 12.0. The molecular weight excluding hydrogens is 527 g/mol. The zero-order chi connectivity index (χ0) is 26.5. The lowest BCUT2D eigenvalue weighted by molar-refractivity contribution is -0.138. The van der Waals surface area contributed by atoms with E-state index < -0.39 is 22.0 Å². The number of rotatable bonds is 11. The van der Waals surface area contributed by atoms with Gasteiger partial charge >= 0.3 is 5.97 Å². The molecule has 0 aliphatic heterocycles. The Morgan fingerprint density at radius 1 is 1.00 bits per heavy atom. The molecule has 36 heavy (non-hydrogen) atoms. The SMILES string of the molecule is CCCCC(C(=O)O)N(c1ccc2cc(C(=O)NCCO)ccc2c1)S(=O)(=O)c1cc(Cl)cc(Cl)c1. The van der Waals surface area contributed by atoms with Crippen LogP contribution in [0.15, 0.2) is 59.5 Å². The second-order valence-corrected chi connectivity index (χ2v) is 10.8. The highest BCUT2D eigenvalue weighted by Gasteiger charge is 2.36. The second-order valence-electron chi connectivity index (χ2n) is 8.13. The first-order valence-electron chi connectivity index (χ1n) is 11.2. The number of carbonyl (C=O) groups excluding carboxylic acids is 1. The van der Waals surface area contributed by atoms with Crippen molar-refractivity contribution in [3.63, 3.8) is 0 Å². The molecule has 0 radical (unpaired) electrons. The molecule has 0 spiro atoms. The van der Waals surface area contributed by atoms with Gasteiger partial charge in [-0.1, -0.05) is 55.1 Å². The van der Waals surface area contributed by atoms with Crippen LogP contribution in [0, 0.1) is 0 Å². The molecule has 0 saturated carbocycles. The van der Waals surface area contributed by atoms with E-state index in [0.29, 0.717) is 29.2 Å². The number of nitrogens with zero attached hydrogens (tertiary/aromatic N) is 1. The van der Waals surface area contributed by atoms with E-state index in [4.69, 9.17) is 28.3 Å². The Morgan fingerprint density at radius 2 is 1.64 bits per heavy atom. The highest BCUT2D eigenvalue weighted by Crippen LogP contribution is 2.33. The standard InChI is InChI=1S/C25H26Cl2N2O6S/c1-2-3-4-23(25(32)33)29(36(34,35)22-14-19(26)13-20(27)15-22)21-8-7-16-11-18(6-5-17(16)12-21)24(31)28-9-10-30/h5-8,11-15,23,30H,2-4,9-10H2,1H3,(H,28,31)(H,32,33). The normalized spacial score (nSPS) is 12.3. The molecule has 1 unspecified atom stereocenters. The number of hydrogen-bond acceptors (Lipinski definition) is 5. The van der Waals surface area contributed by atoms with E-state index in [0.717, 1.165) is 4.31 Å². The third-order valence-corrected chi connectivity index (χ3v) is 7.78. The lowest BCUT2D eigenvalue weighted by atomic mass is 10.0. The fourth-order valence-electron chi connectivity index (χ4n) is 3.80. The van der Waals surface area contributed by atoms with Crippen LogP contribution in [0.1, 0.15) is 36.5 Å². The Labute approximate surface area is 219 Å². The summed E-state index contributed by atoms with van der Waals surface area (Å²) in [5.74, 6) is -1.64. The Balaban J connectivity index is 2.14. The minimum atomic E-state index is -4.38. The van der Waals surface area contributed by atoms with Gasteiger partial charge in [0.1, 0.15) is 6.04 Å². The molecule has 0 saturated heterocycles. The first-order valence-corrected chi connectivity index (χ1v) is 13.4. The predicted molar refractivity (Wildman–Crippen MR) is 140 cm³/mol. The summed E-state index contributed by atoms with van der Waals surface area (Å²) in [7, 11) is -4.38. The van der Waals surface area contributed by atoms with E-state index in [1.807, 2.05) is 6.92 Å². The number of sulfonamides is 1. The summed E-state index contributed by atoms with van der Waals surface area (Å²) < 4.78 is 28.5. The van der Waals surface area contributed by atoms with Gasteiger partial charge < -0.3 is 15.5 Å². The van der Waals surface area contributed by atoms with Gasteiger partial charge in [0.25, 0.3) is 15.9 Å². The fourth-order valence-corrected chi connectivity index (χ4v) is 6.15. The molecule has 0 fully saturated rings. The lowest BCUT2D eigenvalue weighted by Crippen LogP contribution is -2.45. The van der Waals surface area contributed by atoms with Crippen molar-refractivity contribution in [2.45, 2.75) is 37.1 Å². The van der Waals surface area contributed by atoms with Crippen LogP contribution in [0.4, 0.5) is 5.69 Å². The zero-order valence-electron chi connectivity index (χ0n) is 19.4. The van der Waals surface area contributed by atoms with Crippen LogP contribution in [-0.4, -0.2) is 49.7 Å². The predicted octanol–water partition coefficient (Wildman–Crippen LogP) is 4.71. The van der Waals surface area contributed by atoms with Crippen molar-refractivity contribution in [3.05, 3.63) is 70.2 Å². The Kier molecular flexibility index (Phi) is 9.19. The van der Waals surface area contributed by atoms with E-state index in [-0.39, 0.29) is 46.1 Å². The van der Waals surface area contributed by atoms with Crippen molar-refractivity contribution in [2.75, 3.05) is 17.5 Å². The number of aliphatic carboxylic acids is 1. The molecule has 3 rings (SSSR count). The molecule has 0 heterocycles. The quantitative estimate of drug-likeness (QED) is 0.316. The summed E-state index contributed by atoms with van der Waals surface area (Å²) in [6.45, 7) is 1.82. The number of nitrogens with one attached hydrogen (secondary N) is 1. The number of aliphatic hydroxyl groups is 1. The number of carbonyl (C=O) groups is 2. The summed E-state index contributed by atoms with van der Waals surface area (Å²) in [4.78, 5) is 24.3. The minimum Gasteiger partial charge on any atom is -0.480 e. The van der Waals surface area contributed by atoms with Crippen LogP contribution < -0.4 is 9.62 Å². The number of aliphatic hydroxyl groups excluding tert-OH is 1. The summed E-state index contributed by atoms with van der Waals surface area (Å²) >= 11 is 12.1. The average molecular weight is 553 g/mol. The topological polar surface area (TPSA) is 124 Å². The van der Waals surface area contributed by atoms with Crippen LogP contribution in [0.25, 0.3) is 10.8 Å². The highest BCUT2D eigenvalue weighted by atomic mass is 35.5. The summed E-state index contributed by atoms with van der Waals surface area (Å²) in [6.07, 6.45) is 1.28. The van der Waals surface area contributed by atoms with Crippen molar-refractivity contribution in [3.8, 4) is 0 Å². The van der Waals surface area contributed by atoms with E-state index >= 15 is 0 Å². The summed E-state index contributed by atoms with van der Waals surface area (Å²) in [5, 5.41) is 23.0. The molecule has 192 valence electrons. The first-order chi connectivity index (χ1) is 17.1. The average Bonchev–Trinajstić information content (AvgIpc) is 2.83. The number of hydrogen-bond donors (Lipinski definition) is 3. The fraction of sp³-hybridized carbons (Fsp3) is 0.280. The number of carboxylic acids is 1. The maximum Gasteiger partial charge on any atom is 0.327 e. The number of anilines is 1. The molecule has 0 aromatic heterocycles. The third kappa shape index (κ3) is 6.28. The Bertz CT molecular complexity index is 1360. The van der Waals surface area contributed by atoms with Crippen molar-refractivity contribution in [1.82, 2.24) is 5.32 Å². The van der Waals surface area contributed by atoms with Gasteiger partial charge in [0, 0.05) is 22.2 Å². The second kappa shape index (κ2) is 11.9. The van der Waals surface area contributed by atoms with Gasteiger partial charge in [-0.3, -0.25) is 9.10 Å². The van der Waals surface area contributed by atoms with Crippen molar-refractivity contribution < 1.29 is 28.2 Å². The maximum atomic E-state index is 13.8. The molecule has 3 aromatic rings. The molecule has 3 N–H and O–H groups in total. The smallest absolute Gasteiger partial charge is 0.327 e. The van der Waals surface area contributed by atoms with Crippen molar-refractivity contribution >= 4 is 61.6 Å². The van der Waals surface area contributed by atoms with Crippen molar-refractivity contribution in [1.29, 1.82) is 0 Å². The van der Waals surface area contributed by atoms with Crippen LogP contribution in [0.2, 0.25) is 10.0 Å². The number of unbranched alkanes of at least 4 members (excludes halogenated alkanes) is 1. The molecule has 11 heteroatoms. The molecular formula is C25H26Cl2N2O6S. The molecule has 0 aliphatic carbocycles. The number of fused-ring (bicyclic) bond motifs is 1. The molecule has 3 aromatic carbocycles. The van der Waals surface area contributed by atoms with Crippen molar-refractivity contribution in [2.24, 2.45) is 0 Å². The van der Waals surface area contributed by atoms with E-state index in [1.54, 1.807) is 30.3 Å². The number of benzene rings is 3. The lowest BCUT2D eigenvalue weighted by Gasteiger charge is -2.30. The number of amides is 1. The maximum absolute atomic E-state index is 13.8. The molecule has 8 nitrogen and oxygen atoms in total. The zero-order valence-corrected chi connectivity index (χ0v) is 21.8. The van der Waals surface area contributed by atoms with Gasteiger partial charge in [0.15, 0.2) is 0 Å². The van der Waals surface area contributed by atoms with Crippen LogP contribution in [0.5, 0.6) is 0 Å². The van der Waals surface area contributed by atoms with Gasteiger partial charge in [0.05, 0.1) is 17.2 Å². The number of halogens is 2. The monoisotopic (exact) mass is 552 g/mol. The minimum absolute atomic E-state index is 0.0986. The Morgan fingerprint density at radius 3 is 2.25 bits per heavy atom. The van der Waals surface area contributed by atoms with Gasteiger partial charge in [0.2, 0.25) is 0 Å². The van der Waals surface area contributed by atoms with E-state index in [1.165, 1.54) is 24.3 Å². The van der Waals surface area contributed by atoms with Gasteiger partial charge in [-0.25, -0.2) is 13.2 Å². The van der Waals surface area contributed by atoms with Crippen LogP contribution in [-0.2, 0) is 14.8 Å². The van der Waals surface area contributed by atoms with Gasteiger partial charge in [-0.2, -0.15) is 0 Å². The largest absolute Gasteiger partial charge is 0.480 e. The van der Waals surface area contributed by atoms with E-state index in [2.05, 4.69) is 5.32 Å². The van der Waals surface area contributed by atoms with E-state index in [9.17, 15) is 23.1 Å². The first kappa shape index (κ1) is 27.7. The molecule has 0 aliphatic rings. The van der Waals surface area contributed by atoms with Crippen LogP contribution in [0.3, 0.4) is 0 Å².